The van der Waals surface area contributed by atoms with Crippen molar-refractivity contribution in [2.24, 2.45) is 11.3 Å². The number of rotatable bonds is 3. The number of likely N-dealkylation sites (tertiary alicyclic amines) is 2. The number of carbonyl (C=O) groups is 2. The van der Waals surface area contributed by atoms with Gasteiger partial charge in [-0.1, -0.05) is 0 Å². The van der Waals surface area contributed by atoms with Crippen LogP contribution < -0.4 is 0 Å². The van der Waals surface area contributed by atoms with Crippen LogP contribution in [-0.4, -0.2) is 52.1 Å². The van der Waals surface area contributed by atoms with Crippen LogP contribution in [0.15, 0.2) is 22.9 Å². The van der Waals surface area contributed by atoms with Gasteiger partial charge in [0.2, 0.25) is 11.8 Å². The minimum atomic E-state index is -0.850. The van der Waals surface area contributed by atoms with Gasteiger partial charge in [-0.2, -0.15) is 11.3 Å². The number of amides is 2. The summed E-state index contributed by atoms with van der Waals surface area (Å²) in [6.07, 6.45) is 7.02. The molecule has 1 atom stereocenters. The third-order valence-electron chi connectivity index (χ3n) is 5.97. The van der Waals surface area contributed by atoms with Gasteiger partial charge < -0.3 is 9.80 Å². The monoisotopic (exact) mass is 412 g/mol. The Morgan fingerprint density at radius 1 is 1.15 bits per heavy atom. The Labute approximate surface area is 167 Å². The molecule has 0 aromatic carbocycles. The molecule has 3 aliphatic rings. The SMILES string of the molecule is O=C(C=Cc1ccsc1)N1CCC2(CC1)CCN(C(=O)C1CC1(Cl)Cl)C2. The summed E-state index contributed by atoms with van der Waals surface area (Å²) in [5.74, 6) is -0.0574. The molecule has 1 unspecified atom stereocenters. The second kappa shape index (κ2) is 6.84. The third-order valence-corrected chi connectivity index (χ3v) is 7.51. The number of hydrogen-bond acceptors (Lipinski definition) is 3. The number of nitrogens with zero attached hydrogens (tertiary/aromatic N) is 2. The lowest BCUT2D eigenvalue weighted by Crippen LogP contribution is -2.44. The fourth-order valence-electron chi connectivity index (χ4n) is 4.08. The Kier molecular flexibility index (Phi) is 4.82. The largest absolute Gasteiger partial charge is 0.342 e. The smallest absolute Gasteiger partial charge is 0.246 e. The molecule has 3 fully saturated rings. The van der Waals surface area contributed by atoms with Gasteiger partial charge in [0.15, 0.2) is 0 Å². The highest BCUT2D eigenvalue weighted by molar-refractivity contribution is 7.08. The number of carbonyl (C=O) groups excluding carboxylic acids is 2. The molecule has 1 aromatic rings. The quantitative estimate of drug-likeness (QED) is 0.559. The minimum absolute atomic E-state index is 0.0732. The van der Waals surface area contributed by atoms with Crippen molar-refractivity contribution in [3.05, 3.63) is 28.5 Å². The lowest BCUT2D eigenvalue weighted by atomic mass is 9.78. The van der Waals surface area contributed by atoms with E-state index in [4.69, 9.17) is 23.2 Å². The molecule has 2 amide bonds. The van der Waals surface area contributed by atoms with Gasteiger partial charge >= 0.3 is 0 Å². The molecule has 140 valence electrons. The highest BCUT2D eigenvalue weighted by Gasteiger charge is 2.58. The average molecular weight is 413 g/mol. The molecular weight excluding hydrogens is 391 g/mol. The van der Waals surface area contributed by atoms with E-state index in [1.807, 2.05) is 32.7 Å². The zero-order valence-corrected chi connectivity index (χ0v) is 16.8. The van der Waals surface area contributed by atoms with Crippen LogP contribution >= 0.6 is 34.5 Å². The lowest BCUT2D eigenvalue weighted by molar-refractivity contribution is -0.133. The summed E-state index contributed by atoms with van der Waals surface area (Å²) in [5, 5.41) is 4.03. The maximum Gasteiger partial charge on any atom is 0.246 e. The van der Waals surface area contributed by atoms with Crippen LogP contribution in [0.3, 0.4) is 0 Å². The molecule has 0 radical (unpaired) electrons. The maximum atomic E-state index is 12.5. The van der Waals surface area contributed by atoms with Gasteiger partial charge in [0.25, 0.3) is 0 Å². The van der Waals surface area contributed by atoms with Crippen LogP contribution in [-0.2, 0) is 9.59 Å². The molecule has 1 aromatic heterocycles. The number of halogens is 2. The molecule has 7 heteroatoms. The molecule has 4 rings (SSSR count). The molecule has 1 spiro atoms. The van der Waals surface area contributed by atoms with Gasteiger partial charge in [-0.3, -0.25) is 9.59 Å². The normalized spacial score (nSPS) is 26.6. The van der Waals surface area contributed by atoms with E-state index in [0.29, 0.717) is 6.42 Å². The second-order valence-corrected chi connectivity index (χ2v) is 10.1. The van der Waals surface area contributed by atoms with Crippen molar-refractivity contribution in [2.75, 3.05) is 26.2 Å². The standard InChI is InChI=1S/C19H22Cl2N2O2S/c20-19(21)11-15(19)17(25)23-9-6-18(13-23)4-7-22(8-5-18)16(24)2-1-14-3-10-26-12-14/h1-3,10,12,15H,4-9,11,13H2. The molecular formula is C19H22Cl2N2O2S. The van der Waals surface area contributed by atoms with E-state index in [1.54, 1.807) is 17.4 Å². The molecule has 2 saturated heterocycles. The number of thiophene rings is 1. The molecule has 0 bridgehead atoms. The topological polar surface area (TPSA) is 40.6 Å². The van der Waals surface area contributed by atoms with Crippen molar-refractivity contribution in [1.29, 1.82) is 0 Å². The summed E-state index contributed by atoms with van der Waals surface area (Å²) in [6.45, 7) is 3.07. The van der Waals surface area contributed by atoms with Crippen LogP contribution in [0.2, 0.25) is 0 Å². The first-order chi connectivity index (χ1) is 12.4. The fourth-order valence-corrected chi connectivity index (χ4v) is 5.20. The van der Waals surface area contributed by atoms with Crippen molar-refractivity contribution in [3.63, 3.8) is 0 Å². The van der Waals surface area contributed by atoms with Gasteiger partial charge in [-0.15, -0.1) is 23.2 Å². The zero-order valence-electron chi connectivity index (χ0n) is 14.5. The first-order valence-electron chi connectivity index (χ1n) is 9.04. The molecule has 26 heavy (non-hydrogen) atoms. The minimum Gasteiger partial charge on any atom is -0.342 e. The van der Waals surface area contributed by atoms with Crippen molar-refractivity contribution in [1.82, 2.24) is 9.80 Å². The van der Waals surface area contributed by atoms with Gasteiger partial charge in [0, 0.05) is 32.3 Å². The van der Waals surface area contributed by atoms with Gasteiger partial charge in [-0.05, 0) is 59.6 Å². The summed E-state index contributed by atoms with van der Waals surface area (Å²) < 4.78 is -0.850. The highest BCUT2D eigenvalue weighted by Crippen LogP contribution is 2.54. The summed E-state index contributed by atoms with van der Waals surface area (Å²) in [4.78, 5) is 28.7. The van der Waals surface area contributed by atoms with E-state index in [0.717, 1.165) is 51.0 Å². The first-order valence-corrected chi connectivity index (χ1v) is 10.7. The first kappa shape index (κ1) is 18.3. The molecule has 1 saturated carbocycles. The Bertz CT molecular complexity index is 724. The number of hydrogen-bond donors (Lipinski definition) is 0. The van der Waals surface area contributed by atoms with Crippen LogP contribution in [0.25, 0.3) is 6.08 Å². The molecule has 3 heterocycles. The predicted molar refractivity (Wildman–Crippen MR) is 105 cm³/mol. The van der Waals surface area contributed by atoms with E-state index in [-0.39, 0.29) is 23.1 Å². The Hall–Kier alpha value is -1.04. The van der Waals surface area contributed by atoms with Crippen molar-refractivity contribution < 1.29 is 9.59 Å². The summed E-state index contributed by atoms with van der Waals surface area (Å²) in [6, 6.07) is 2.00. The van der Waals surface area contributed by atoms with Crippen LogP contribution in [0, 0.1) is 11.3 Å². The lowest BCUT2D eigenvalue weighted by Gasteiger charge is -2.39. The number of piperidine rings is 1. The molecule has 0 N–H and O–H groups in total. The van der Waals surface area contributed by atoms with Crippen LogP contribution in [0.1, 0.15) is 31.2 Å². The van der Waals surface area contributed by atoms with E-state index >= 15 is 0 Å². The third kappa shape index (κ3) is 3.67. The Balaban J connectivity index is 1.29. The maximum absolute atomic E-state index is 12.5. The van der Waals surface area contributed by atoms with Gasteiger partial charge in [-0.25, -0.2) is 0 Å². The summed E-state index contributed by atoms with van der Waals surface area (Å²) >= 11 is 13.7. The van der Waals surface area contributed by atoms with Crippen molar-refractivity contribution in [2.45, 2.75) is 30.0 Å². The fraction of sp³-hybridized carbons (Fsp3) is 0.579. The van der Waals surface area contributed by atoms with Crippen molar-refractivity contribution >= 4 is 52.4 Å². The van der Waals surface area contributed by atoms with Crippen molar-refractivity contribution in [3.8, 4) is 0 Å². The van der Waals surface area contributed by atoms with Crippen LogP contribution in [0.4, 0.5) is 0 Å². The summed E-state index contributed by atoms with van der Waals surface area (Å²) in [5.41, 5.74) is 1.22. The average Bonchev–Trinajstić information content (AvgIpc) is 3.03. The van der Waals surface area contributed by atoms with E-state index in [2.05, 4.69) is 0 Å². The zero-order chi connectivity index (χ0) is 18.4. The highest BCUT2D eigenvalue weighted by atomic mass is 35.5. The molecule has 1 aliphatic carbocycles. The molecule has 2 aliphatic heterocycles. The van der Waals surface area contributed by atoms with Gasteiger partial charge in [0.1, 0.15) is 4.33 Å². The predicted octanol–water partition coefficient (Wildman–Crippen LogP) is 3.80. The van der Waals surface area contributed by atoms with E-state index < -0.39 is 4.33 Å². The van der Waals surface area contributed by atoms with Crippen LogP contribution in [0.5, 0.6) is 0 Å². The summed E-state index contributed by atoms with van der Waals surface area (Å²) in [7, 11) is 0. The van der Waals surface area contributed by atoms with E-state index in [9.17, 15) is 9.59 Å². The Morgan fingerprint density at radius 2 is 1.81 bits per heavy atom. The Morgan fingerprint density at radius 3 is 2.38 bits per heavy atom. The molecule has 4 nitrogen and oxygen atoms in total. The van der Waals surface area contributed by atoms with Gasteiger partial charge in [0.05, 0.1) is 5.92 Å². The number of alkyl halides is 2. The second-order valence-electron chi connectivity index (χ2n) is 7.74. The van der Waals surface area contributed by atoms with E-state index in [1.165, 1.54) is 0 Å².